The monoisotopic (exact) mass is 245 g/mol. The first-order valence-corrected chi connectivity index (χ1v) is 6.08. The molecule has 1 atom stereocenters. The smallest absolute Gasteiger partial charge is 0.337 e. The zero-order chi connectivity index (χ0) is 12.8. The van der Waals surface area contributed by atoms with Crippen LogP contribution in [0, 0.1) is 0 Å². The van der Waals surface area contributed by atoms with Crippen LogP contribution in [-0.4, -0.2) is 27.6 Å². The highest BCUT2D eigenvalue weighted by Crippen LogP contribution is 2.30. The van der Waals surface area contributed by atoms with Crippen molar-refractivity contribution < 1.29 is 9.90 Å². The number of para-hydroxylation sites is 1. The van der Waals surface area contributed by atoms with Gasteiger partial charge in [-0.05, 0) is 38.4 Å². The minimum atomic E-state index is -0.941. The topological polar surface area (TPSA) is 78.0 Å². The first-order valence-electron chi connectivity index (χ1n) is 6.08. The second-order valence-corrected chi connectivity index (χ2v) is 4.95. The predicted octanol–water partition coefficient (Wildman–Crippen LogP) is 1.86. The summed E-state index contributed by atoms with van der Waals surface area (Å²) in [6, 6.07) is 5.18. The maximum atomic E-state index is 11.2. The van der Waals surface area contributed by atoms with Crippen LogP contribution in [0.25, 0.3) is 11.0 Å². The van der Waals surface area contributed by atoms with Gasteiger partial charge in [-0.1, -0.05) is 6.07 Å². The van der Waals surface area contributed by atoms with Gasteiger partial charge in [-0.2, -0.15) is 0 Å². The number of nitrogens with zero attached hydrogens (tertiary/aromatic N) is 1. The number of aromatic amines is 1. The molecule has 5 nitrogen and oxygen atoms in total. The Labute approximate surface area is 104 Å². The summed E-state index contributed by atoms with van der Waals surface area (Å²) in [6.45, 7) is 3.07. The van der Waals surface area contributed by atoms with E-state index in [2.05, 4.69) is 22.2 Å². The molecule has 0 spiro atoms. The summed E-state index contributed by atoms with van der Waals surface area (Å²) in [7, 11) is 0. The summed E-state index contributed by atoms with van der Waals surface area (Å²) in [6.07, 6.45) is 2.12. The van der Waals surface area contributed by atoms with Gasteiger partial charge in [0.1, 0.15) is 11.3 Å². The molecule has 1 aromatic carbocycles. The summed E-state index contributed by atoms with van der Waals surface area (Å²) in [5.41, 5.74) is 1.39. The maximum Gasteiger partial charge on any atom is 0.337 e. The number of H-pyrrole nitrogens is 1. The van der Waals surface area contributed by atoms with E-state index in [9.17, 15) is 4.79 Å². The molecule has 0 unspecified atom stereocenters. The molecule has 94 valence electrons. The van der Waals surface area contributed by atoms with E-state index in [1.807, 2.05) is 6.07 Å². The van der Waals surface area contributed by atoms with Crippen LogP contribution < -0.4 is 5.32 Å². The molecule has 3 N–H and O–H groups in total. The fourth-order valence-corrected chi connectivity index (χ4v) is 2.56. The lowest BCUT2D eigenvalue weighted by Gasteiger charge is -2.21. The minimum Gasteiger partial charge on any atom is -0.478 e. The van der Waals surface area contributed by atoms with Crippen LogP contribution in [0.1, 0.15) is 35.9 Å². The third-order valence-electron chi connectivity index (χ3n) is 3.63. The molecule has 2 aromatic rings. The van der Waals surface area contributed by atoms with Crippen molar-refractivity contribution in [3.63, 3.8) is 0 Å². The van der Waals surface area contributed by atoms with Crippen molar-refractivity contribution in [3.05, 3.63) is 29.6 Å². The Bertz CT molecular complexity index is 612. The lowest BCUT2D eigenvalue weighted by molar-refractivity contribution is 0.0699. The number of hydrogen-bond donors (Lipinski definition) is 3. The number of fused-ring (bicyclic) bond motifs is 1. The number of aromatic nitrogens is 2. The molecular formula is C13H15N3O2. The largest absolute Gasteiger partial charge is 0.478 e. The number of nitrogens with one attached hydrogen (secondary N) is 2. The van der Waals surface area contributed by atoms with Crippen LogP contribution in [-0.2, 0) is 5.54 Å². The molecule has 0 radical (unpaired) electrons. The van der Waals surface area contributed by atoms with E-state index in [1.54, 1.807) is 12.1 Å². The van der Waals surface area contributed by atoms with Gasteiger partial charge >= 0.3 is 5.97 Å². The summed E-state index contributed by atoms with van der Waals surface area (Å²) < 4.78 is 0. The molecule has 0 amide bonds. The summed E-state index contributed by atoms with van der Waals surface area (Å²) in [4.78, 5) is 18.9. The lowest BCUT2D eigenvalue weighted by atomic mass is 10.00. The summed E-state index contributed by atoms with van der Waals surface area (Å²) in [5.74, 6) is -0.119. The van der Waals surface area contributed by atoms with E-state index in [0.29, 0.717) is 5.52 Å². The zero-order valence-electron chi connectivity index (χ0n) is 10.2. The number of benzene rings is 1. The minimum absolute atomic E-state index is 0.172. The molecule has 5 heteroatoms. The van der Waals surface area contributed by atoms with E-state index < -0.39 is 5.97 Å². The van der Waals surface area contributed by atoms with E-state index in [4.69, 9.17) is 5.11 Å². The molecule has 18 heavy (non-hydrogen) atoms. The lowest BCUT2D eigenvalue weighted by Crippen LogP contribution is -2.34. The Hall–Kier alpha value is -1.88. The highest BCUT2D eigenvalue weighted by atomic mass is 16.4. The number of aromatic carboxylic acids is 1. The van der Waals surface area contributed by atoms with Crippen LogP contribution >= 0.6 is 0 Å². The quantitative estimate of drug-likeness (QED) is 0.754. The van der Waals surface area contributed by atoms with Crippen molar-refractivity contribution in [2.24, 2.45) is 0 Å². The number of hydrogen-bond acceptors (Lipinski definition) is 3. The number of imidazole rings is 1. The predicted molar refractivity (Wildman–Crippen MR) is 67.6 cm³/mol. The number of rotatable bonds is 2. The SMILES string of the molecule is C[C@@]1(c2nc3c(C(=O)O)cccc3[nH]2)CCCN1. The average Bonchev–Trinajstić information content (AvgIpc) is 2.94. The molecular weight excluding hydrogens is 230 g/mol. The Morgan fingerprint density at radius 3 is 3.00 bits per heavy atom. The van der Waals surface area contributed by atoms with Gasteiger partial charge in [-0.15, -0.1) is 0 Å². The van der Waals surface area contributed by atoms with Gasteiger partial charge in [0, 0.05) is 0 Å². The summed E-state index contributed by atoms with van der Waals surface area (Å²) in [5, 5.41) is 12.6. The van der Waals surface area contributed by atoms with Gasteiger partial charge < -0.3 is 15.4 Å². The molecule has 1 saturated heterocycles. The Morgan fingerprint density at radius 2 is 2.33 bits per heavy atom. The Morgan fingerprint density at radius 1 is 1.50 bits per heavy atom. The Kier molecular flexibility index (Phi) is 2.38. The standard InChI is InChI=1S/C13H15N3O2/c1-13(6-3-7-14-13)12-15-9-5-2-4-8(11(17)18)10(9)16-12/h2,4-5,14H,3,6-7H2,1H3,(H,15,16)(H,17,18)/t13-/m0/s1. The van der Waals surface area contributed by atoms with Gasteiger partial charge in [0.2, 0.25) is 0 Å². The van der Waals surface area contributed by atoms with Crippen LogP contribution in [0.3, 0.4) is 0 Å². The number of carboxylic acid groups (broad SMARTS) is 1. The fraction of sp³-hybridized carbons (Fsp3) is 0.385. The van der Waals surface area contributed by atoms with E-state index in [0.717, 1.165) is 30.7 Å². The highest BCUT2D eigenvalue weighted by molar-refractivity contribution is 6.00. The molecule has 1 aliphatic heterocycles. The van der Waals surface area contributed by atoms with Crippen molar-refractivity contribution >= 4 is 17.0 Å². The fourth-order valence-electron chi connectivity index (χ4n) is 2.56. The normalized spacial score (nSPS) is 23.6. The van der Waals surface area contributed by atoms with Gasteiger partial charge in [-0.25, -0.2) is 9.78 Å². The van der Waals surface area contributed by atoms with Crippen molar-refractivity contribution in [1.29, 1.82) is 0 Å². The molecule has 3 rings (SSSR count). The zero-order valence-corrected chi connectivity index (χ0v) is 10.2. The van der Waals surface area contributed by atoms with Crippen LogP contribution in [0.5, 0.6) is 0 Å². The second kappa shape index (κ2) is 3.81. The van der Waals surface area contributed by atoms with Crippen LogP contribution in [0.15, 0.2) is 18.2 Å². The van der Waals surface area contributed by atoms with Gasteiger partial charge in [0.05, 0.1) is 16.6 Å². The molecule has 1 fully saturated rings. The van der Waals surface area contributed by atoms with Crippen molar-refractivity contribution in [3.8, 4) is 0 Å². The van der Waals surface area contributed by atoms with Crippen LogP contribution in [0.4, 0.5) is 0 Å². The highest BCUT2D eigenvalue weighted by Gasteiger charge is 2.33. The van der Waals surface area contributed by atoms with Crippen LogP contribution in [0.2, 0.25) is 0 Å². The molecule has 2 heterocycles. The third kappa shape index (κ3) is 1.59. The van der Waals surface area contributed by atoms with Crippen molar-refractivity contribution in [2.45, 2.75) is 25.3 Å². The third-order valence-corrected chi connectivity index (χ3v) is 3.63. The molecule has 1 aliphatic rings. The second-order valence-electron chi connectivity index (χ2n) is 4.95. The van der Waals surface area contributed by atoms with E-state index in [-0.39, 0.29) is 11.1 Å². The first-order chi connectivity index (χ1) is 8.60. The number of carbonyl (C=O) groups is 1. The van der Waals surface area contributed by atoms with Gasteiger partial charge in [0.15, 0.2) is 0 Å². The maximum absolute atomic E-state index is 11.2. The van der Waals surface area contributed by atoms with Crippen molar-refractivity contribution in [1.82, 2.24) is 15.3 Å². The molecule has 0 saturated carbocycles. The molecule has 1 aromatic heterocycles. The molecule has 0 aliphatic carbocycles. The van der Waals surface area contributed by atoms with E-state index in [1.165, 1.54) is 0 Å². The van der Waals surface area contributed by atoms with E-state index >= 15 is 0 Å². The number of carboxylic acids is 1. The van der Waals surface area contributed by atoms with Gasteiger partial charge in [0.25, 0.3) is 0 Å². The summed E-state index contributed by atoms with van der Waals surface area (Å²) >= 11 is 0. The average molecular weight is 245 g/mol. The Balaban J connectivity index is 2.16. The molecule has 0 bridgehead atoms. The van der Waals surface area contributed by atoms with Crippen molar-refractivity contribution in [2.75, 3.05) is 6.54 Å². The first kappa shape index (κ1) is 11.2. The van der Waals surface area contributed by atoms with Gasteiger partial charge in [-0.3, -0.25) is 0 Å².